The summed E-state index contributed by atoms with van der Waals surface area (Å²) in [7, 11) is 0. The average molecular weight is 273 g/mol. The molecule has 0 radical (unpaired) electrons. The molecule has 8 heteroatoms. The number of Topliss-reactive ketones (excluding diaryl/α,β-unsaturated/α-hetero) is 1. The molecule has 0 bridgehead atoms. The average Bonchev–Trinajstić information content (AvgIpc) is 2.94. The zero-order chi connectivity index (χ0) is 14.0. The topological polar surface area (TPSA) is 86.5 Å². The van der Waals surface area contributed by atoms with E-state index in [1.165, 1.54) is 12.4 Å². The van der Waals surface area contributed by atoms with Crippen LogP contribution in [0.2, 0.25) is 0 Å². The highest BCUT2D eigenvalue weighted by atomic mass is 19.1. The van der Waals surface area contributed by atoms with Crippen molar-refractivity contribution in [3.05, 3.63) is 12.4 Å². The summed E-state index contributed by atoms with van der Waals surface area (Å²) in [6, 6.07) is 0. The Bertz CT molecular complexity index is 441. The second-order valence-corrected chi connectivity index (χ2v) is 4.53. The van der Waals surface area contributed by atoms with Crippen LogP contribution in [0, 0.1) is 0 Å². The van der Waals surface area contributed by atoms with Crippen molar-refractivity contribution in [2.24, 2.45) is 0 Å². The van der Waals surface area contributed by atoms with E-state index in [9.17, 15) is 14.3 Å². The van der Waals surface area contributed by atoms with Gasteiger partial charge in [-0.3, -0.25) is 4.79 Å². The van der Waals surface area contributed by atoms with Gasteiger partial charge in [0.05, 0.1) is 6.20 Å². The number of ether oxygens (including phenoxy) is 2. The standard InChI is InChI=1S/C11H16FN3O4/c1-3-11(2)18-6-7(16)9(19-11)8(17)10(12)15-5-4-13-14-15/h4-5,8-10,17H,3,6H2,1-2H3/t8-,9-,10?,11?/m1/s1. The maximum absolute atomic E-state index is 14.0. The number of aliphatic hydroxyl groups excluding tert-OH is 1. The lowest BCUT2D eigenvalue weighted by Gasteiger charge is -2.39. The zero-order valence-electron chi connectivity index (χ0n) is 10.7. The van der Waals surface area contributed by atoms with Gasteiger partial charge in [-0.1, -0.05) is 12.1 Å². The Hall–Kier alpha value is -1.38. The molecule has 1 aromatic rings. The lowest BCUT2D eigenvalue weighted by Crippen LogP contribution is -2.53. The minimum absolute atomic E-state index is 0.212. The molecule has 7 nitrogen and oxygen atoms in total. The van der Waals surface area contributed by atoms with E-state index in [1.54, 1.807) is 6.92 Å². The molecule has 1 N–H and O–H groups in total. The Morgan fingerprint density at radius 3 is 3.05 bits per heavy atom. The number of aromatic nitrogens is 3. The van der Waals surface area contributed by atoms with Gasteiger partial charge in [-0.05, 0) is 13.3 Å². The first-order valence-electron chi connectivity index (χ1n) is 5.99. The molecule has 0 aliphatic carbocycles. The van der Waals surface area contributed by atoms with E-state index < -0.39 is 30.1 Å². The molecule has 4 atom stereocenters. The number of carbonyl (C=O) groups excluding carboxylic acids is 1. The predicted molar refractivity (Wildman–Crippen MR) is 60.7 cm³/mol. The number of ketones is 1. The van der Waals surface area contributed by atoms with Crippen molar-refractivity contribution in [1.29, 1.82) is 0 Å². The maximum Gasteiger partial charge on any atom is 0.221 e. The number of alkyl halides is 1. The first-order chi connectivity index (χ1) is 8.97. The van der Waals surface area contributed by atoms with Crippen LogP contribution in [0.4, 0.5) is 4.39 Å². The number of hydrogen-bond donors (Lipinski definition) is 1. The Morgan fingerprint density at radius 1 is 1.74 bits per heavy atom. The molecule has 2 rings (SSSR count). The summed E-state index contributed by atoms with van der Waals surface area (Å²) in [4.78, 5) is 11.7. The summed E-state index contributed by atoms with van der Waals surface area (Å²) < 4.78 is 25.5. The van der Waals surface area contributed by atoms with E-state index in [1.807, 2.05) is 6.92 Å². The molecule has 1 saturated heterocycles. The second kappa shape index (κ2) is 5.32. The summed E-state index contributed by atoms with van der Waals surface area (Å²) in [6.45, 7) is 3.24. The quantitative estimate of drug-likeness (QED) is 0.844. The predicted octanol–water partition coefficient (Wildman–Crippen LogP) is 0.218. The summed E-state index contributed by atoms with van der Waals surface area (Å²) in [5, 5.41) is 16.8. The number of hydrogen-bond acceptors (Lipinski definition) is 6. The summed E-state index contributed by atoms with van der Waals surface area (Å²) >= 11 is 0. The Labute approximate surface area is 109 Å². The van der Waals surface area contributed by atoms with E-state index in [0.717, 1.165) is 4.68 Å². The van der Waals surface area contributed by atoms with Crippen LogP contribution in [0.15, 0.2) is 12.4 Å². The first kappa shape index (κ1) is 14.0. The Kier molecular flexibility index (Phi) is 3.93. The normalized spacial score (nSPS) is 31.2. The third-order valence-corrected chi connectivity index (χ3v) is 3.14. The summed E-state index contributed by atoms with van der Waals surface area (Å²) in [6.07, 6.45) is -1.83. The van der Waals surface area contributed by atoms with Crippen LogP contribution in [-0.2, 0) is 14.3 Å². The van der Waals surface area contributed by atoms with Gasteiger partial charge in [0.2, 0.25) is 6.30 Å². The van der Waals surface area contributed by atoms with Gasteiger partial charge in [0.25, 0.3) is 0 Å². The molecule has 0 amide bonds. The van der Waals surface area contributed by atoms with Crippen molar-refractivity contribution in [2.75, 3.05) is 6.61 Å². The minimum Gasteiger partial charge on any atom is -0.385 e. The summed E-state index contributed by atoms with van der Waals surface area (Å²) in [5.41, 5.74) is 0. The van der Waals surface area contributed by atoms with Gasteiger partial charge in [-0.25, -0.2) is 9.07 Å². The number of carbonyl (C=O) groups is 1. The van der Waals surface area contributed by atoms with Crippen molar-refractivity contribution < 1.29 is 23.8 Å². The molecule has 2 heterocycles. The van der Waals surface area contributed by atoms with Crippen LogP contribution in [0.25, 0.3) is 0 Å². The van der Waals surface area contributed by atoms with E-state index in [-0.39, 0.29) is 6.61 Å². The molecule has 0 saturated carbocycles. The molecule has 106 valence electrons. The van der Waals surface area contributed by atoms with E-state index in [2.05, 4.69) is 10.3 Å². The summed E-state index contributed by atoms with van der Waals surface area (Å²) in [5.74, 6) is -1.50. The molecule has 1 aliphatic heterocycles. The smallest absolute Gasteiger partial charge is 0.221 e. The van der Waals surface area contributed by atoms with Crippen molar-refractivity contribution in [3.8, 4) is 0 Å². The molecule has 1 aromatic heterocycles. The third-order valence-electron chi connectivity index (χ3n) is 3.14. The molecule has 1 fully saturated rings. The maximum atomic E-state index is 14.0. The van der Waals surface area contributed by atoms with Crippen molar-refractivity contribution in [3.63, 3.8) is 0 Å². The fraction of sp³-hybridized carbons (Fsp3) is 0.727. The molecular weight excluding hydrogens is 257 g/mol. The fourth-order valence-electron chi connectivity index (χ4n) is 1.77. The second-order valence-electron chi connectivity index (χ2n) is 4.53. The molecule has 0 spiro atoms. The van der Waals surface area contributed by atoms with Crippen LogP contribution in [0.3, 0.4) is 0 Å². The highest BCUT2D eigenvalue weighted by molar-refractivity contribution is 5.85. The minimum atomic E-state index is -1.91. The third kappa shape index (κ3) is 2.80. The molecular formula is C11H16FN3O4. The molecule has 19 heavy (non-hydrogen) atoms. The zero-order valence-corrected chi connectivity index (χ0v) is 10.7. The molecule has 0 aromatic carbocycles. The van der Waals surface area contributed by atoms with Gasteiger partial charge in [-0.2, -0.15) is 0 Å². The van der Waals surface area contributed by atoms with Crippen molar-refractivity contribution in [1.82, 2.24) is 15.0 Å². The van der Waals surface area contributed by atoms with Crippen LogP contribution in [-0.4, -0.2) is 50.5 Å². The van der Waals surface area contributed by atoms with E-state index >= 15 is 0 Å². The first-order valence-corrected chi connectivity index (χ1v) is 5.99. The SMILES string of the molecule is CCC1(C)OCC(=O)[C@H]([C@@H](O)C(F)n2ccnn2)O1. The van der Waals surface area contributed by atoms with Gasteiger partial charge < -0.3 is 14.6 Å². The van der Waals surface area contributed by atoms with Crippen LogP contribution < -0.4 is 0 Å². The van der Waals surface area contributed by atoms with Gasteiger partial charge >= 0.3 is 0 Å². The highest BCUT2D eigenvalue weighted by Gasteiger charge is 2.44. The number of nitrogens with zero attached hydrogens (tertiary/aromatic N) is 3. The monoisotopic (exact) mass is 273 g/mol. The van der Waals surface area contributed by atoms with Crippen LogP contribution in [0.5, 0.6) is 0 Å². The van der Waals surface area contributed by atoms with E-state index in [4.69, 9.17) is 9.47 Å². The van der Waals surface area contributed by atoms with Crippen LogP contribution in [0.1, 0.15) is 26.6 Å². The molecule has 2 unspecified atom stereocenters. The van der Waals surface area contributed by atoms with Crippen molar-refractivity contribution >= 4 is 5.78 Å². The Morgan fingerprint density at radius 2 is 2.47 bits per heavy atom. The number of rotatable bonds is 4. The fourth-order valence-corrected chi connectivity index (χ4v) is 1.77. The van der Waals surface area contributed by atoms with Gasteiger partial charge in [0.1, 0.15) is 12.7 Å². The van der Waals surface area contributed by atoms with Crippen LogP contribution >= 0.6 is 0 Å². The van der Waals surface area contributed by atoms with Gasteiger partial charge in [-0.15, -0.1) is 5.10 Å². The number of halogens is 1. The highest BCUT2D eigenvalue weighted by Crippen LogP contribution is 2.28. The Balaban J connectivity index is 2.12. The lowest BCUT2D eigenvalue weighted by atomic mass is 10.1. The van der Waals surface area contributed by atoms with Crippen molar-refractivity contribution in [2.45, 2.75) is 44.6 Å². The number of aliphatic hydroxyl groups is 1. The molecule has 1 aliphatic rings. The van der Waals surface area contributed by atoms with Gasteiger partial charge in [0.15, 0.2) is 17.7 Å². The lowest BCUT2D eigenvalue weighted by molar-refractivity contribution is -0.286. The largest absolute Gasteiger partial charge is 0.385 e. The van der Waals surface area contributed by atoms with E-state index in [0.29, 0.717) is 6.42 Å². The van der Waals surface area contributed by atoms with Gasteiger partial charge in [0, 0.05) is 6.20 Å².